The Morgan fingerprint density at radius 3 is 2.21 bits per heavy atom. The van der Waals surface area contributed by atoms with Crippen molar-refractivity contribution in [1.82, 2.24) is 4.90 Å². The molecule has 2 fully saturated rings. The Kier molecular flexibility index (Phi) is 5.67. The third kappa shape index (κ3) is 4.19. The van der Waals surface area contributed by atoms with Crippen molar-refractivity contribution in [3.63, 3.8) is 0 Å². The number of piperidine rings is 1. The Bertz CT molecular complexity index is 892. The number of hydrogen-bond donors (Lipinski definition) is 0. The summed E-state index contributed by atoms with van der Waals surface area (Å²) in [7, 11) is 0. The number of piperazine rings is 1. The summed E-state index contributed by atoms with van der Waals surface area (Å²) < 4.78 is 0. The van der Waals surface area contributed by atoms with Crippen molar-refractivity contribution in [2.45, 2.75) is 25.8 Å². The van der Waals surface area contributed by atoms with Crippen molar-refractivity contribution >= 4 is 28.9 Å². The maximum atomic E-state index is 12.2. The van der Waals surface area contributed by atoms with Gasteiger partial charge in [0.15, 0.2) is 0 Å². The lowest BCUT2D eigenvalue weighted by Crippen LogP contribution is -2.46. The Balaban J connectivity index is 1.46. The van der Waals surface area contributed by atoms with Crippen molar-refractivity contribution in [3.05, 3.63) is 59.0 Å². The predicted octanol–water partition coefficient (Wildman–Crippen LogP) is 3.45. The van der Waals surface area contributed by atoms with Crippen LogP contribution in [0, 0.1) is 4.91 Å². The van der Waals surface area contributed by atoms with Crippen LogP contribution in [0.25, 0.3) is 0 Å². The van der Waals surface area contributed by atoms with Gasteiger partial charge in [-0.15, -0.1) is 4.91 Å². The molecule has 0 atom stereocenters. The summed E-state index contributed by atoms with van der Waals surface area (Å²) in [5.74, 6) is -0.444. The van der Waals surface area contributed by atoms with Crippen LogP contribution in [0.5, 0.6) is 0 Å². The van der Waals surface area contributed by atoms with E-state index >= 15 is 0 Å². The predicted molar refractivity (Wildman–Crippen MR) is 112 cm³/mol. The van der Waals surface area contributed by atoms with Crippen molar-refractivity contribution in [3.8, 4) is 0 Å². The average molecular weight is 392 g/mol. The molecule has 0 bridgehead atoms. The van der Waals surface area contributed by atoms with Gasteiger partial charge in [-0.1, -0.05) is 30.3 Å². The first kappa shape index (κ1) is 19.3. The fraction of sp³-hybridized carbons (Fsp3) is 0.364. The van der Waals surface area contributed by atoms with E-state index < -0.39 is 0 Å². The topological polar surface area (TPSA) is 73.3 Å². The molecule has 2 aliphatic heterocycles. The Labute approximate surface area is 169 Å². The molecular formula is C22H24N4O3. The molecule has 2 saturated heterocycles. The second-order valence-electron chi connectivity index (χ2n) is 7.49. The number of amides is 2. The van der Waals surface area contributed by atoms with Crippen LogP contribution in [0.4, 0.5) is 17.1 Å². The summed E-state index contributed by atoms with van der Waals surface area (Å²) in [6.45, 7) is 4.26. The number of hydrogen-bond acceptors (Lipinski definition) is 6. The first-order valence-electron chi connectivity index (χ1n) is 10.00. The number of nitroso groups, excluding NO2 is 1. The van der Waals surface area contributed by atoms with Gasteiger partial charge >= 0.3 is 0 Å². The maximum absolute atomic E-state index is 12.2. The number of imide groups is 1. The number of benzene rings is 2. The highest BCUT2D eigenvalue weighted by Crippen LogP contribution is 2.35. The van der Waals surface area contributed by atoms with Crippen LogP contribution in [0.1, 0.15) is 24.8 Å². The van der Waals surface area contributed by atoms with Crippen LogP contribution in [0.2, 0.25) is 0 Å². The smallest absolute Gasteiger partial charge is 0.233 e. The van der Waals surface area contributed by atoms with E-state index in [1.54, 1.807) is 18.2 Å². The van der Waals surface area contributed by atoms with E-state index in [0.717, 1.165) is 38.4 Å². The summed E-state index contributed by atoms with van der Waals surface area (Å²) in [6.07, 6.45) is 1.28. The Morgan fingerprint density at radius 1 is 0.862 bits per heavy atom. The number of rotatable bonds is 5. The van der Waals surface area contributed by atoms with Gasteiger partial charge in [-0.2, -0.15) is 0 Å². The quantitative estimate of drug-likeness (QED) is 0.576. The van der Waals surface area contributed by atoms with E-state index in [9.17, 15) is 14.5 Å². The standard InChI is InChI=1S/C22H24N4O3/c27-21-7-4-8-22(28)26(21)18-9-10-20(19(15-18)23-29)25-13-11-24(12-14-25)16-17-5-2-1-3-6-17/h1-3,5-6,9-10,15H,4,7-8,11-14,16H2. The van der Waals surface area contributed by atoms with Gasteiger partial charge in [0.05, 0.1) is 11.4 Å². The van der Waals surface area contributed by atoms with Crippen LogP contribution >= 0.6 is 0 Å². The minimum atomic E-state index is -0.222. The number of carbonyl (C=O) groups is 2. The molecular weight excluding hydrogens is 368 g/mol. The lowest BCUT2D eigenvalue weighted by molar-refractivity contribution is -0.129. The SMILES string of the molecule is O=Nc1cc(N2C(=O)CCCC2=O)ccc1N1CCN(Cc2ccccc2)CC1. The second-order valence-corrected chi connectivity index (χ2v) is 7.49. The number of nitrogens with zero attached hydrogens (tertiary/aromatic N) is 4. The van der Waals surface area contributed by atoms with Crippen LogP contribution in [-0.4, -0.2) is 42.9 Å². The zero-order valence-corrected chi connectivity index (χ0v) is 16.3. The van der Waals surface area contributed by atoms with Gasteiger partial charge in [-0.3, -0.25) is 19.4 Å². The molecule has 29 heavy (non-hydrogen) atoms. The molecule has 2 aliphatic rings. The van der Waals surface area contributed by atoms with Gasteiger partial charge in [0.1, 0.15) is 5.69 Å². The van der Waals surface area contributed by atoms with Gasteiger partial charge in [0, 0.05) is 45.6 Å². The molecule has 0 saturated carbocycles. The normalized spacial score (nSPS) is 18.2. The fourth-order valence-corrected chi connectivity index (χ4v) is 4.02. The summed E-state index contributed by atoms with van der Waals surface area (Å²) in [5, 5.41) is 3.18. The van der Waals surface area contributed by atoms with E-state index in [1.165, 1.54) is 10.5 Å². The van der Waals surface area contributed by atoms with Crippen molar-refractivity contribution < 1.29 is 9.59 Å². The van der Waals surface area contributed by atoms with Crippen LogP contribution < -0.4 is 9.80 Å². The van der Waals surface area contributed by atoms with Crippen molar-refractivity contribution in [2.75, 3.05) is 36.0 Å². The number of anilines is 2. The van der Waals surface area contributed by atoms with Crippen LogP contribution in [0.15, 0.2) is 53.7 Å². The van der Waals surface area contributed by atoms with Gasteiger partial charge < -0.3 is 4.90 Å². The molecule has 2 heterocycles. The molecule has 7 nitrogen and oxygen atoms in total. The monoisotopic (exact) mass is 392 g/mol. The third-order valence-corrected chi connectivity index (χ3v) is 5.56. The van der Waals surface area contributed by atoms with Crippen molar-refractivity contribution in [1.29, 1.82) is 0 Å². The Morgan fingerprint density at radius 2 is 1.55 bits per heavy atom. The highest BCUT2D eigenvalue weighted by atomic mass is 16.3. The molecule has 0 unspecified atom stereocenters. The summed E-state index contributed by atoms with van der Waals surface area (Å²) >= 11 is 0. The Hall–Kier alpha value is -3.06. The van der Waals surface area contributed by atoms with Gasteiger partial charge in [0.25, 0.3) is 0 Å². The molecule has 4 rings (SSSR count). The molecule has 0 N–H and O–H groups in total. The van der Waals surface area contributed by atoms with Gasteiger partial charge in [-0.25, -0.2) is 0 Å². The summed E-state index contributed by atoms with van der Waals surface area (Å²) in [5.41, 5.74) is 2.74. The molecule has 2 amide bonds. The molecule has 0 aliphatic carbocycles. The lowest BCUT2D eigenvalue weighted by atomic mass is 10.1. The fourth-order valence-electron chi connectivity index (χ4n) is 4.02. The van der Waals surface area contributed by atoms with E-state index in [0.29, 0.717) is 24.9 Å². The zero-order chi connectivity index (χ0) is 20.2. The van der Waals surface area contributed by atoms with E-state index in [4.69, 9.17) is 0 Å². The molecule has 2 aromatic rings. The first-order valence-corrected chi connectivity index (χ1v) is 10.00. The molecule has 0 spiro atoms. The minimum Gasteiger partial charge on any atom is -0.367 e. The van der Waals surface area contributed by atoms with Crippen LogP contribution in [0.3, 0.4) is 0 Å². The van der Waals surface area contributed by atoms with Gasteiger partial charge in [0.2, 0.25) is 11.8 Å². The molecule has 7 heteroatoms. The van der Waals surface area contributed by atoms with Crippen molar-refractivity contribution in [2.24, 2.45) is 5.18 Å². The summed E-state index contributed by atoms with van der Waals surface area (Å²) in [6, 6.07) is 15.5. The third-order valence-electron chi connectivity index (χ3n) is 5.56. The average Bonchev–Trinajstić information content (AvgIpc) is 2.75. The van der Waals surface area contributed by atoms with Crippen LogP contribution in [-0.2, 0) is 16.1 Å². The first-order chi connectivity index (χ1) is 14.2. The second kappa shape index (κ2) is 8.53. The maximum Gasteiger partial charge on any atom is 0.233 e. The van der Waals surface area contributed by atoms with E-state index in [1.807, 2.05) is 18.2 Å². The van der Waals surface area contributed by atoms with Gasteiger partial charge in [-0.05, 0) is 35.4 Å². The highest BCUT2D eigenvalue weighted by molar-refractivity contribution is 6.16. The molecule has 2 aromatic carbocycles. The molecule has 0 radical (unpaired) electrons. The highest BCUT2D eigenvalue weighted by Gasteiger charge is 2.28. The van der Waals surface area contributed by atoms with E-state index in [-0.39, 0.29) is 17.5 Å². The molecule has 0 aromatic heterocycles. The van der Waals surface area contributed by atoms with E-state index in [2.05, 4.69) is 27.1 Å². The zero-order valence-electron chi connectivity index (χ0n) is 16.3. The minimum absolute atomic E-state index is 0.222. The summed E-state index contributed by atoms with van der Waals surface area (Å²) in [4.78, 5) is 41.5. The molecule has 150 valence electrons. The number of carbonyl (C=O) groups excluding carboxylic acids is 2. The lowest BCUT2D eigenvalue weighted by Gasteiger charge is -2.36. The largest absolute Gasteiger partial charge is 0.367 e.